The normalized spacial score (nSPS) is 16.0. The number of piperidine rings is 1. The summed E-state index contributed by atoms with van der Waals surface area (Å²) in [6, 6.07) is 11.4. The summed E-state index contributed by atoms with van der Waals surface area (Å²) in [7, 11) is 6.11. The maximum absolute atomic E-state index is 4.67. The Morgan fingerprint density at radius 2 is 1.88 bits per heavy atom. The number of benzene rings is 1. The van der Waals surface area contributed by atoms with E-state index in [0.29, 0.717) is 6.04 Å². The van der Waals surface area contributed by atoms with Gasteiger partial charge in [0, 0.05) is 53.0 Å². The van der Waals surface area contributed by atoms with Crippen LogP contribution in [-0.4, -0.2) is 55.1 Å². The summed E-state index contributed by atoms with van der Waals surface area (Å²) < 4.78 is 0. The highest BCUT2D eigenvalue weighted by atomic mass is 15.3. The summed E-state index contributed by atoms with van der Waals surface area (Å²) >= 11 is 0. The van der Waals surface area contributed by atoms with Crippen LogP contribution < -0.4 is 9.80 Å². The Morgan fingerprint density at radius 1 is 1.12 bits per heavy atom. The third kappa shape index (κ3) is 4.48. The van der Waals surface area contributed by atoms with Crippen LogP contribution in [0.1, 0.15) is 24.0 Å². The molecule has 2 heterocycles. The molecule has 0 spiro atoms. The minimum Gasteiger partial charge on any atom is -0.356 e. The van der Waals surface area contributed by atoms with Gasteiger partial charge in [-0.2, -0.15) is 4.98 Å². The molecule has 3 rings (SSSR count). The number of hydrogen-bond donors (Lipinski definition) is 0. The molecule has 5 nitrogen and oxygen atoms in total. The highest BCUT2D eigenvalue weighted by Crippen LogP contribution is 2.22. The summed E-state index contributed by atoms with van der Waals surface area (Å²) in [5.74, 6) is 1.78. The Kier molecular flexibility index (Phi) is 5.53. The van der Waals surface area contributed by atoms with Gasteiger partial charge >= 0.3 is 0 Å². The number of aryl methyl sites for hydroxylation is 1. The SMILES string of the molecule is Cc1cccc(CN2CCC(N(C)c3ccnc(N(C)C)n3)CC2)c1. The Morgan fingerprint density at radius 3 is 2.56 bits per heavy atom. The first-order valence-corrected chi connectivity index (χ1v) is 9.04. The first kappa shape index (κ1) is 17.7. The van der Waals surface area contributed by atoms with Gasteiger partial charge in [0.15, 0.2) is 0 Å². The van der Waals surface area contributed by atoms with Crippen LogP contribution >= 0.6 is 0 Å². The van der Waals surface area contributed by atoms with E-state index in [4.69, 9.17) is 0 Å². The van der Waals surface area contributed by atoms with Crippen molar-refractivity contribution in [2.45, 2.75) is 32.4 Å². The van der Waals surface area contributed by atoms with Gasteiger partial charge in [-0.25, -0.2) is 4.98 Å². The molecule has 1 aromatic heterocycles. The molecule has 25 heavy (non-hydrogen) atoms. The highest BCUT2D eigenvalue weighted by Gasteiger charge is 2.23. The summed E-state index contributed by atoms with van der Waals surface area (Å²) in [4.78, 5) is 15.8. The van der Waals surface area contributed by atoms with E-state index in [1.165, 1.54) is 24.0 Å². The largest absolute Gasteiger partial charge is 0.356 e. The molecule has 2 aromatic rings. The van der Waals surface area contributed by atoms with Gasteiger partial charge in [-0.15, -0.1) is 0 Å². The number of rotatable bonds is 5. The van der Waals surface area contributed by atoms with Crippen molar-refractivity contribution in [3.05, 3.63) is 47.7 Å². The van der Waals surface area contributed by atoms with Crippen molar-refractivity contribution >= 4 is 11.8 Å². The van der Waals surface area contributed by atoms with E-state index in [2.05, 4.69) is 58.0 Å². The van der Waals surface area contributed by atoms with Gasteiger partial charge in [-0.3, -0.25) is 4.90 Å². The Hall–Kier alpha value is -2.14. The Labute approximate surface area is 151 Å². The molecular weight excluding hydrogens is 310 g/mol. The predicted molar refractivity (Wildman–Crippen MR) is 104 cm³/mol. The van der Waals surface area contributed by atoms with Crippen LogP contribution in [-0.2, 0) is 6.54 Å². The Balaban J connectivity index is 1.57. The third-order valence-corrected chi connectivity index (χ3v) is 4.98. The van der Waals surface area contributed by atoms with E-state index in [1.807, 2.05) is 31.3 Å². The van der Waals surface area contributed by atoms with Crippen molar-refractivity contribution in [1.82, 2.24) is 14.9 Å². The van der Waals surface area contributed by atoms with Crippen molar-refractivity contribution in [2.75, 3.05) is 44.0 Å². The summed E-state index contributed by atoms with van der Waals surface area (Å²) in [5, 5.41) is 0. The minimum absolute atomic E-state index is 0.540. The lowest BCUT2D eigenvalue weighted by Gasteiger charge is -2.37. The summed E-state index contributed by atoms with van der Waals surface area (Å²) in [6.07, 6.45) is 4.19. The second kappa shape index (κ2) is 7.83. The van der Waals surface area contributed by atoms with Gasteiger partial charge in [0.1, 0.15) is 5.82 Å². The van der Waals surface area contributed by atoms with Crippen molar-refractivity contribution in [2.24, 2.45) is 0 Å². The van der Waals surface area contributed by atoms with Crippen molar-refractivity contribution in [3.63, 3.8) is 0 Å². The quantitative estimate of drug-likeness (QED) is 0.837. The zero-order chi connectivity index (χ0) is 17.8. The fourth-order valence-electron chi connectivity index (χ4n) is 3.47. The fraction of sp³-hybridized carbons (Fsp3) is 0.500. The topological polar surface area (TPSA) is 35.5 Å². The molecule has 1 aliphatic rings. The molecule has 5 heteroatoms. The molecule has 0 aliphatic carbocycles. The maximum atomic E-state index is 4.67. The van der Waals surface area contributed by atoms with E-state index in [0.717, 1.165) is 31.4 Å². The van der Waals surface area contributed by atoms with E-state index in [1.54, 1.807) is 0 Å². The molecule has 0 amide bonds. The van der Waals surface area contributed by atoms with Gasteiger partial charge in [0.25, 0.3) is 0 Å². The van der Waals surface area contributed by atoms with E-state index in [-0.39, 0.29) is 0 Å². The molecule has 134 valence electrons. The molecule has 1 fully saturated rings. The average Bonchev–Trinajstić information content (AvgIpc) is 2.62. The predicted octanol–water partition coefficient (Wildman–Crippen LogP) is 2.95. The number of likely N-dealkylation sites (tertiary alicyclic amines) is 1. The molecule has 0 saturated carbocycles. The van der Waals surface area contributed by atoms with Crippen molar-refractivity contribution < 1.29 is 0 Å². The number of hydrogen-bond acceptors (Lipinski definition) is 5. The molecule has 0 radical (unpaired) electrons. The number of anilines is 2. The van der Waals surface area contributed by atoms with Crippen LogP contribution in [0.2, 0.25) is 0 Å². The molecule has 1 aromatic carbocycles. The lowest BCUT2D eigenvalue weighted by Crippen LogP contribution is -2.43. The van der Waals surface area contributed by atoms with Crippen LogP contribution in [0.25, 0.3) is 0 Å². The molecule has 0 N–H and O–H groups in total. The fourth-order valence-corrected chi connectivity index (χ4v) is 3.47. The lowest BCUT2D eigenvalue weighted by molar-refractivity contribution is 0.203. The third-order valence-electron chi connectivity index (χ3n) is 4.98. The second-order valence-corrected chi connectivity index (χ2v) is 7.22. The van der Waals surface area contributed by atoms with Gasteiger partial charge in [0.2, 0.25) is 5.95 Å². The maximum Gasteiger partial charge on any atom is 0.226 e. The molecule has 1 saturated heterocycles. The smallest absolute Gasteiger partial charge is 0.226 e. The van der Waals surface area contributed by atoms with E-state index in [9.17, 15) is 0 Å². The molecule has 1 aliphatic heterocycles. The minimum atomic E-state index is 0.540. The first-order chi connectivity index (χ1) is 12.0. The summed E-state index contributed by atoms with van der Waals surface area (Å²) in [6.45, 7) is 5.48. The number of nitrogens with zero attached hydrogens (tertiary/aromatic N) is 5. The van der Waals surface area contributed by atoms with Crippen LogP contribution in [0.4, 0.5) is 11.8 Å². The highest BCUT2D eigenvalue weighted by molar-refractivity contribution is 5.43. The van der Waals surface area contributed by atoms with Gasteiger partial charge in [0.05, 0.1) is 0 Å². The summed E-state index contributed by atoms with van der Waals surface area (Å²) in [5.41, 5.74) is 2.76. The average molecular weight is 339 g/mol. The molecule has 0 atom stereocenters. The zero-order valence-electron chi connectivity index (χ0n) is 15.8. The van der Waals surface area contributed by atoms with Crippen LogP contribution in [0.15, 0.2) is 36.5 Å². The standard InChI is InChI=1S/C20H29N5/c1-16-6-5-7-17(14-16)15-25-12-9-18(10-13-25)24(4)19-8-11-21-20(22-19)23(2)3/h5-8,11,14,18H,9-10,12-13,15H2,1-4H3. The van der Waals surface area contributed by atoms with E-state index < -0.39 is 0 Å². The van der Waals surface area contributed by atoms with Crippen LogP contribution in [0.5, 0.6) is 0 Å². The van der Waals surface area contributed by atoms with Crippen LogP contribution in [0, 0.1) is 6.92 Å². The number of aromatic nitrogens is 2. The van der Waals surface area contributed by atoms with Crippen molar-refractivity contribution in [3.8, 4) is 0 Å². The Bertz CT molecular complexity index is 692. The second-order valence-electron chi connectivity index (χ2n) is 7.22. The molecular formula is C20H29N5. The van der Waals surface area contributed by atoms with Crippen molar-refractivity contribution in [1.29, 1.82) is 0 Å². The van der Waals surface area contributed by atoms with Gasteiger partial charge in [-0.1, -0.05) is 29.8 Å². The zero-order valence-corrected chi connectivity index (χ0v) is 15.8. The first-order valence-electron chi connectivity index (χ1n) is 9.04. The van der Waals surface area contributed by atoms with Crippen LogP contribution in [0.3, 0.4) is 0 Å². The van der Waals surface area contributed by atoms with Gasteiger partial charge < -0.3 is 9.80 Å². The van der Waals surface area contributed by atoms with E-state index >= 15 is 0 Å². The molecule has 0 unspecified atom stereocenters. The lowest BCUT2D eigenvalue weighted by atomic mass is 10.0. The monoisotopic (exact) mass is 339 g/mol. The van der Waals surface area contributed by atoms with Gasteiger partial charge in [-0.05, 0) is 31.4 Å². The molecule has 0 bridgehead atoms.